The Labute approximate surface area is 116 Å². The first kappa shape index (κ1) is 14.5. The van der Waals surface area contributed by atoms with Crippen LogP contribution < -0.4 is 5.73 Å². The fraction of sp³-hybridized carbons (Fsp3) is 0.800. The molecule has 1 aliphatic heterocycles. The van der Waals surface area contributed by atoms with Crippen LogP contribution in [0, 0.1) is 0 Å². The topological polar surface area (TPSA) is 53.1 Å². The van der Waals surface area contributed by atoms with Gasteiger partial charge in [0, 0.05) is 31.3 Å². The van der Waals surface area contributed by atoms with Crippen molar-refractivity contribution in [2.45, 2.75) is 71.1 Å². The fourth-order valence-corrected chi connectivity index (χ4v) is 2.82. The third-order valence-corrected chi connectivity index (χ3v) is 4.29. The van der Waals surface area contributed by atoms with Crippen LogP contribution in [0.15, 0.2) is 6.07 Å². The van der Waals surface area contributed by atoms with Gasteiger partial charge in [-0.15, -0.1) is 0 Å². The predicted octanol–water partition coefficient (Wildman–Crippen LogP) is 2.29. The van der Waals surface area contributed by atoms with Crippen LogP contribution in [0.1, 0.15) is 51.4 Å². The van der Waals surface area contributed by atoms with Crippen molar-refractivity contribution in [2.24, 2.45) is 5.73 Å². The Kier molecular flexibility index (Phi) is 4.63. The fourth-order valence-electron chi connectivity index (χ4n) is 2.82. The number of aryl methyl sites for hydroxylation is 2. The number of aromatic nitrogens is 2. The van der Waals surface area contributed by atoms with Crippen molar-refractivity contribution in [2.75, 3.05) is 6.61 Å². The number of ether oxygens (including phenoxy) is 1. The van der Waals surface area contributed by atoms with E-state index in [1.165, 1.54) is 12.1 Å². The van der Waals surface area contributed by atoms with Crippen molar-refractivity contribution in [1.82, 2.24) is 9.78 Å². The molecule has 1 saturated heterocycles. The van der Waals surface area contributed by atoms with Crippen molar-refractivity contribution in [3.63, 3.8) is 0 Å². The highest BCUT2D eigenvalue weighted by Gasteiger charge is 2.35. The van der Waals surface area contributed by atoms with Gasteiger partial charge in [-0.1, -0.05) is 6.92 Å². The minimum atomic E-state index is -0.173. The highest BCUT2D eigenvalue weighted by Crippen LogP contribution is 2.28. The summed E-state index contributed by atoms with van der Waals surface area (Å²) >= 11 is 0. The molecule has 1 aliphatic rings. The molecule has 2 unspecified atom stereocenters. The minimum Gasteiger partial charge on any atom is -0.374 e. The monoisotopic (exact) mass is 265 g/mol. The molecule has 0 bridgehead atoms. The lowest BCUT2D eigenvalue weighted by Crippen LogP contribution is -2.51. The lowest BCUT2D eigenvalue weighted by atomic mass is 9.86. The summed E-state index contributed by atoms with van der Waals surface area (Å²) in [6.45, 7) is 8.17. The molecule has 108 valence electrons. The number of hydrogen-bond acceptors (Lipinski definition) is 3. The first-order valence-electron chi connectivity index (χ1n) is 7.54. The zero-order valence-corrected chi connectivity index (χ0v) is 12.5. The Hall–Kier alpha value is -0.870. The van der Waals surface area contributed by atoms with Crippen LogP contribution in [0.4, 0.5) is 0 Å². The van der Waals surface area contributed by atoms with Gasteiger partial charge >= 0.3 is 0 Å². The van der Waals surface area contributed by atoms with Gasteiger partial charge in [0.25, 0.3) is 0 Å². The zero-order chi connectivity index (χ0) is 13.9. The molecule has 2 heterocycles. The summed E-state index contributed by atoms with van der Waals surface area (Å²) in [4.78, 5) is 0. The summed E-state index contributed by atoms with van der Waals surface area (Å²) in [5.74, 6) is 0. The summed E-state index contributed by atoms with van der Waals surface area (Å²) in [5, 5.41) is 4.59. The van der Waals surface area contributed by atoms with Gasteiger partial charge in [-0.25, -0.2) is 0 Å². The van der Waals surface area contributed by atoms with E-state index < -0.39 is 0 Å². The zero-order valence-electron chi connectivity index (χ0n) is 12.5. The SMILES string of the molecule is CCc1cc(CC(N)C2(C)CCCCO2)n(CC)n1. The van der Waals surface area contributed by atoms with Gasteiger partial charge in [0.2, 0.25) is 0 Å². The molecule has 4 heteroatoms. The van der Waals surface area contributed by atoms with E-state index >= 15 is 0 Å². The second kappa shape index (κ2) is 6.06. The van der Waals surface area contributed by atoms with E-state index in [0.717, 1.165) is 44.5 Å². The molecule has 0 amide bonds. The summed E-state index contributed by atoms with van der Waals surface area (Å²) in [5.41, 5.74) is 8.64. The third kappa shape index (κ3) is 3.18. The first-order chi connectivity index (χ1) is 9.09. The molecule has 0 aliphatic carbocycles. The maximum atomic E-state index is 6.42. The van der Waals surface area contributed by atoms with E-state index in [2.05, 4.69) is 36.6 Å². The number of rotatable bonds is 5. The van der Waals surface area contributed by atoms with Crippen molar-refractivity contribution in [3.8, 4) is 0 Å². The van der Waals surface area contributed by atoms with Crippen molar-refractivity contribution in [1.29, 1.82) is 0 Å². The van der Waals surface area contributed by atoms with Gasteiger partial charge in [-0.05, 0) is 45.6 Å². The lowest BCUT2D eigenvalue weighted by Gasteiger charge is -2.38. The van der Waals surface area contributed by atoms with Gasteiger partial charge in [0.05, 0.1) is 11.3 Å². The van der Waals surface area contributed by atoms with Gasteiger partial charge < -0.3 is 10.5 Å². The van der Waals surface area contributed by atoms with Crippen molar-refractivity contribution < 1.29 is 4.74 Å². The molecule has 1 aromatic heterocycles. The van der Waals surface area contributed by atoms with Gasteiger partial charge in [0.15, 0.2) is 0 Å². The molecule has 2 N–H and O–H groups in total. The molecule has 0 radical (unpaired) electrons. The van der Waals surface area contributed by atoms with E-state index in [4.69, 9.17) is 10.5 Å². The molecular formula is C15H27N3O. The average Bonchev–Trinajstić information content (AvgIpc) is 2.82. The van der Waals surface area contributed by atoms with Crippen molar-refractivity contribution >= 4 is 0 Å². The van der Waals surface area contributed by atoms with Gasteiger partial charge in [-0.3, -0.25) is 4.68 Å². The summed E-state index contributed by atoms with van der Waals surface area (Å²) in [6, 6.07) is 2.23. The Morgan fingerprint density at radius 2 is 2.26 bits per heavy atom. The van der Waals surface area contributed by atoms with E-state index in [9.17, 15) is 0 Å². The molecule has 2 rings (SSSR count). The number of hydrogen-bond donors (Lipinski definition) is 1. The minimum absolute atomic E-state index is 0.0412. The second-order valence-electron chi connectivity index (χ2n) is 5.73. The molecule has 1 fully saturated rings. The Bertz CT molecular complexity index is 408. The summed E-state index contributed by atoms with van der Waals surface area (Å²) < 4.78 is 8.03. The maximum absolute atomic E-state index is 6.42. The van der Waals surface area contributed by atoms with Gasteiger partial charge in [0.1, 0.15) is 0 Å². The average molecular weight is 265 g/mol. The quantitative estimate of drug-likeness (QED) is 0.888. The molecule has 0 saturated carbocycles. The summed E-state index contributed by atoms with van der Waals surface area (Å²) in [6.07, 6.45) is 5.27. The highest BCUT2D eigenvalue weighted by molar-refractivity contribution is 5.13. The van der Waals surface area contributed by atoms with Crippen LogP contribution in [-0.4, -0.2) is 28.0 Å². The number of nitrogens with two attached hydrogens (primary N) is 1. The highest BCUT2D eigenvalue weighted by atomic mass is 16.5. The molecule has 19 heavy (non-hydrogen) atoms. The Balaban J connectivity index is 2.09. The maximum Gasteiger partial charge on any atom is 0.0808 e. The van der Waals surface area contributed by atoms with Crippen LogP contribution in [0.5, 0.6) is 0 Å². The van der Waals surface area contributed by atoms with Crippen LogP contribution in [-0.2, 0) is 24.1 Å². The van der Waals surface area contributed by atoms with E-state index in [1.807, 2.05) is 0 Å². The van der Waals surface area contributed by atoms with Crippen LogP contribution >= 0.6 is 0 Å². The second-order valence-corrected chi connectivity index (χ2v) is 5.73. The molecule has 1 aromatic rings. The van der Waals surface area contributed by atoms with E-state index in [0.29, 0.717) is 0 Å². The molecule has 2 atom stereocenters. The van der Waals surface area contributed by atoms with E-state index in [1.54, 1.807) is 0 Å². The van der Waals surface area contributed by atoms with Crippen LogP contribution in [0.2, 0.25) is 0 Å². The van der Waals surface area contributed by atoms with Gasteiger partial charge in [-0.2, -0.15) is 5.10 Å². The molecule has 4 nitrogen and oxygen atoms in total. The predicted molar refractivity (Wildman–Crippen MR) is 77.2 cm³/mol. The molecular weight excluding hydrogens is 238 g/mol. The van der Waals surface area contributed by atoms with Crippen LogP contribution in [0.25, 0.3) is 0 Å². The van der Waals surface area contributed by atoms with Crippen LogP contribution in [0.3, 0.4) is 0 Å². The lowest BCUT2D eigenvalue weighted by molar-refractivity contribution is -0.0811. The smallest absolute Gasteiger partial charge is 0.0808 e. The Morgan fingerprint density at radius 1 is 1.47 bits per heavy atom. The summed E-state index contributed by atoms with van der Waals surface area (Å²) in [7, 11) is 0. The van der Waals surface area contributed by atoms with E-state index in [-0.39, 0.29) is 11.6 Å². The van der Waals surface area contributed by atoms with Crippen molar-refractivity contribution in [3.05, 3.63) is 17.5 Å². The third-order valence-electron chi connectivity index (χ3n) is 4.29. The Morgan fingerprint density at radius 3 is 2.84 bits per heavy atom. The first-order valence-corrected chi connectivity index (χ1v) is 7.54. The molecule has 0 aromatic carbocycles. The molecule has 0 spiro atoms. The standard InChI is InChI=1S/C15H27N3O/c1-4-12-10-13(18(5-2)17-12)11-14(16)15(3)8-6-7-9-19-15/h10,14H,4-9,11,16H2,1-3H3. The largest absolute Gasteiger partial charge is 0.374 e. The number of nitrogens with zero attached hydrogens (tertiary/aromatic N) is 2. The normalized spacial score (nSPS) is 25.5.